The first-order valence-corrected chi connectivity index (χ1v) is 10.2. The zero-order valence-electron chi connectivity index (χ0n) is 17.3. The summed E-state index contributed by atoms with van der Waals surface area (Å²) < 4.78 is 0. The van der Waals surface area contributed by atoms with Crippen molar-refractivity contribution in [1.29, 1.82) is 0 Å². The molecule has 0 bridgehead atoms. The van der Waals surface area contributed by atoms with Gasteiger partial charge < -0.3 is 15.1 Å². The number of benzene rings is 2. The Labute approximate surface area is 172 Å². The van der Waals surface area contributed by atoms with Crippen LogP contribution >= 0.6 is 0 Å². The normalized spacial score (nSPS) is 20.2. The number of piperazine rings is 1. The first-order chi connectivity index (χ1) is 13.9. The average molecular weight is 396 g/mol. The molecule has 2 aromatic carbocycles. The monoisotopic (exact) mass is 395 g/mol. The van der Waals surface area contributed by atoms with Crippen molar-refractivity contribution in [2.24, 2.45) is 0 Å². The van der Waals surface area contributed by atoms with Gasteiger partial charge in [0, 0.05) is 31.7 Å². The Morgan fingerprint density at radius 1 is 1.10 bits per heavy atom. The summed E-state index contributed by atoms with van der Waals surface area (Å²) in [5.41, 5.74) is 1.82. The number of carbonyl (C=O) groups excluding carboxylic acids is 1. The number of anilines is 1. The summed E-state index contributed by atoms with van der Waals surface area (Å²) in [6.07, 6.45) is -0.180. The van der Waals surface area contributed by atoms with Crippen LogP contribution < -0.4 is 15.1 Å². The van der Waals surface area contributed by atoms with Crippen molar-refractivity contribution in [3.05, 3.63) is 60.2 Å². The van der Waals surface area contributed by atoms with Gasteiger partial charge in [-0.05, 0) is 38.5 Å². The number of carbonyl (C=O) groups is 1. The summed E-state index contributed by atoms with van der Waals surface area (Å²) in [6.45, 7) is 9.04. The van der Waals surface area contributed by atoms with Crippen molar-refractivity contribution in [3.8, 4) is 5.75 Å². The van der Waals surface area contributed by atoms with Crippen molar-refractivity contribution < 1.29 is 14.6 Å². The second-order valence-corrected chi connectivity index (χ2v) is 8.76. The molecule has 0 saturated carbocycles. The predicted molar refractivity (Wildman–Crippen MR) is 113 cm³/mol. The molecule has 2 aromatic rings. The SMILES string of the molecule is CC(C)(C)NC(=O)C(CN1CCN2c3ccccc3OOC2C1)c1ccccc1. The smallest absolute Gasteiger partial charge is 0.229 e. The van der Waals surface area contributed by atoms with Crippen LogP contribution in [0.25, 0.3) is 0 Å². The molecule has 29 heavy (non-hydrogen) atoms. The Balaban J connectivity index is 1.48. The Hall–Kier alpha value is -2.57. The van der Waals surface area contributed by atoms with Crippen molar-refractivity contribution in [2.45, 2.75) is 38.5 Å². The van der Waals surface area contributed by atoms with Crippen LogP contribution in [-0.2, 0) is 9.68 Å². The minimum Gasteiger partial charge on any atom is -0.351 e. The Morgan fingerprint density at radius 2 is 1.83 bits per heavy atom. The van der Waals surface area contributed by atoms with Gasteiger partial charge in [-0.15, -0.1) is 0 Å². The first-order valence-electron chi connectivity index (χ1n) is 10.2. The van der Waals surface area contributed by atoms with Crippen LogP contribution in [0.4, 0.5) is 5.69 Å². The minimum absolute atomic E-state index is 0.0530. The van der Waals surface area contributed by atoms with E-state index in [-0.39, 0.29) is 23.6 Å². The standard InChI is InChI=1S/C23H29N3O3/c1-23(2,3)24-22(27)18(17-9-5-4-6-10-17)15-25-13-14-26-19-11-7-8-12-20(19)28-29-21(26)16-25/h4-12,18,21H,13-16H2,1-3H3,(H,24,27). The number of rotatable bonds is 4. The van der Waals surface area contributed by atoms with E-state index in [4.69, 9.17) is 9.78 Å². The second-order valence-electron chi connectivity index (χ2n) is 8.76. The number of nitrogens with zero attached hydrogens (tertiary/aromatic N) is 2. The molecule has 4 rings (SSSR count). The lowest BCUT2D eigenvalue weighted by Crippen LogP contribution is -2.57. The Kier molecular flexibility index (Phi) is 5.48. The van der Waals surface area contributed by atoms with Crippen molar-refractivity contribution in [3.63, 3.8) is 0 Å². The van der Waals surface area contributed by atoms with Gasteiger partial charge in [0.05, 0.1) is 11.6 Å². The molecule has 2 atom stereocenters. The highest BCUT2D eigenvalue weighted by Crippen LogP contribution is 2.35. The third-order valence-corrected chi connectivity index (χ3v) is 5.30. The zero-order valence-corrected chi connectivity index (χ0v) is 17.3. The Bertz CT molecular complexity index is 850. The van der Waals surface area contributed by atoms with Crippen molar-refractivity contribution >= 4 is 11.6 Å². The van der Waals surface area contributed by atoms with Gasteiger partial charge in [-0.25, -0.2) is 0 Å². The quantitative estimate of drug-likeness (QED) is 0.806. The van der Waals surface area contributed by atoms with Crippen LogP contribution in [0.3, 0.4) is 0 Å². The summed E-state index contributed by atoms with van der Waals surface area (Å²) in [5.74, 6) is 0.569. The third-order valence-electron chi connectivity index (χ3n) is 5.30. The molecular formula is C23H29N3O3. The summed E-state index contributed by atoms with van der Waals surface area (Å²) in [6, 6.07) is 17.9. The summed E-state index contributed by atoms with van der Waals surface area (Å²) in [7, 11) is 0. The maximum absolute atomic E-state index is 13.1. The number of hydrogen-bond acceptors (Lipinski definition) is 5. The number of nitrogens with one attached hydrogen (secondary N) is 1. The molecule has 1 amide bonds. The van der Waals surface area contributed by atoms with Crippen LogP contribution in [0, 0.1) is 0 Å². The highest BCUT2D eigenvalue weighted by molar-refractivity contribution is 5.84. The lowest BCUT2D eigenvalue weighted by Gasteiger charge is -2.44. The van der Waals surface area contributed by atoms with Gasteiger partial charge in [0.15, 0.2) is 12.0 Å². The van der Waals surface area contributed by atoms with E-state index in [2.05, 4.69) is 21.2 Å². The largest absolute Gasteiger partial charge is 0.351 e. The van der Waals surface area contributed by atoms with Gasteiger partial charge in [0.2, 0.25) is 5.91 Å². The molecule has 2 unspecified atom stereocenters. The first kappa shape index (κ1) is 19.7. The van der Waals surface area contributed by atoms with Gasteiger partial charge in [-0.1, -0.05) is 42.5 Å². The maximum Gasteiger partial charge on any atom is 0.229 e. The van der Waals surface area contributed by atoms with Crippen LogP contribution in [-0.4, -0.2) is 48.8 Å². The predicted octanol–water partition coefficient (Wildman–Crippen LogP) is 3.16. The lowest BCUT2D eigenvalue weighted by molar-refractivity contribution is -0.259. The second kappa shape index (κ2) is 8.05. The molecule has 154 valence electrons. The molecule has 0 radical (unpaired) electrons. The van der Waals surface area contributed by atoms with E-state index in [9.17, 15) is 4.79 Å². The van der Waals surface area contributed by atoms with Crippen molar-refractivity contribution in [1.82, 2.24) is 10.2 Å². The summed E-state index contributed by atoms with van der Waals surface area (Å²) in [5, 5.41) is 3.14. The van der Waals surface area contributed by atoms with Crippen LogP contribution in [0.1, 0.15) is 32.3 Å². The molecule has 2 heterocycles. The molecule has 6 nitrogen and oxygen atoms in total. The van der Waals surface area contributed by atoms with Gasteiger partial charge >= 0.3 is 0 Å². The molecule has 1 saturated heterocycles. The molecule has 0 aromatic heterocycles. The molecule has 1 fully saturated rings. The van der Waals surface area contributed by atoms with E-state index < -0.39 is 0 Å². The highest BCUT2D eigenvalue weighted by Gasteiger charge is 2.36. The minimum atomic E-state index is -0.271. The Morgan fingerprint density at radius 3 is 2.59 bits per heavy atom. The lowest BCUT2D eigenvalue weighted by atomic mass is 9.95. The highest BCUT2D eigenvalue weighted by atomic mass is 17.2. The summed E-state index contributed by atoms with van der Waals surface area (Å²) in [4.78, 5) is 28.8. The number of fused-ring (bicyclic) bond motifs is 3. The van der Waals surface area contributed by atoms with Crippen molar-refractivity contribution in [2.75, 3.05) is 31.1 Å². The number of amides is 1. The zero-order chi connectivity index (χ0) is 20.4. The fourth-order valence-corrected chi connectivity index (χ4v) is 3.94. The van der Waals surface area contributed by atoms with Gasteiger partial charge in [-0.2, -0.15) is 4.89 Å². The van der Waals surface area contributed by atoms with E-state index in [0.717, 1.165) is 30.1 Å². The topological polar surface area (TPSA) is 54.0 Å². The molecule has 2 aliphatic heterocycles. The third kappa shape index (κ3) is 4.54. The molecule has 2 aliphatic rings. The molecular weight excluding hydrogens is 366 g/mol. The maximum atomic E-state index is 13.1. The molecule has 6 heteroatoms. The van der Waals surface area contributed by atoms with E-state index in [1.165, 1.54) is 0 Å². The fourth-order valence-electron chi connectivity index (χ4n) is 3.94. The van der Waals surface area contributed by atoms with Crippen LogP contribution in [0.5, 0.6) is 5.75 Å². The molecule has 1 N–H and O–H groups in total. The van der Waals surface area contributed by atoms with Gasteiger partial charge in [-0.3, -0.25) is 9.69 Å². The number of para-hydroxylation sites is 2. The van der Waals surface area contributed by atoms with Gasteiger partial charge in [0.25, 0.3) is 0 Å². The fraction of sp³-hybridized carbons (Fsp3) is 0.435. The van der Waals surface area contributed by atoms with Crippen LogP contribution in [0.15, 0.2) is 54.6 Å². The van der Waals surface area contributed by atoms with Gasteiger partial charge in [0.1, 0.15) is 0 Å². The molecule has 0 spiro atoms. The molecule has 0 aliphatic carbocycles. The number of hydrogen-bond donors (Lipinski definition) is 1. The van der Waals surface area contributed by atoms with E-state index in [0.29, 0.717) is 13.1 Å². The van der Waals surface area contributed by atoms with Crippen LogP contribution in [0.2, 0.25) is 0 Å². The van der Waals surface area contributed by atoms with E-state index in [1.807, 2.05) is 69.3 Å². The van der Waals surface area contributed by atoms with E-state index >= 15 is 0 Å². The van der Waals surface area contributed by atoms with E-state index in [1.54, 1.807) is 0 Å². The average Bonchev–Trinajstić information content (AvgIpc) is 2.71. The summed E-state index contributed by atoms with van der Waals surface area (Å²) >= 11 is 0.